The Labute approximate surface area is 898 Å². The van der Waals surface area contributed by atoms with E-state index in [2.05, 4.69) is 483 Å². The highest BCUT2D eigenvalue weighted by molar-refractivity contribution is 9.11. The first-order valence-corrected chi connectivity index (χ1v) is 55.8. The fraction of sp³-hybridized carbons (Fsp3) is 0.0296. The molecule has 0 bridgehead atoms. The first-order valence-electron chi connectivity index (χ1n) is 49.1. The van der Waals surface area contributed by atoms with Crippen molar-refractivity contribution in [1.82, 2.24) is 4.98 Å². The number of pyridine rings is 1. The largest absolute Gasteiger partial charge is 0.264 e. The number of benzene rings is 22. The van der Waals surface area contributed by atoms with Crippen LogP contribution in [0.1, 0.15) is 89.0 Å². The summed E-state index contributed by atoms with van der Waals surface area (Å²) in [6.45, 7) is 0. The summed E-state index contributed by atoms with van der Waals surface area (Å²) in [5, 5.41) is 20.1. The minimum atomic E-state index is -0.487. The van der Waals surface area contributed by atoms with Crippen molar-refractivity contribution < 1.29 is 0 Å². The molecule has 5 heterocycles. The molecule has 0 N–H and O–H groups in total. The molecule has 0 radical (unpaired) electrons. The van der Waals surface area contributed by atoms with E-state index in [1.165, 1.54) is 263 Å². The zero-order valence-electron chi connectivity index (χ0n) is 77.6. The van der Waals surface area contributed by atoms with Gasteiger partial charge < -0.3 is 0 Å². The van der Waals surface area contributed by atoms with Crippen LogP contribution in [0.3, 0.4) is 0 Å². The number of fused-ring (bicyclic) bond motifs is 48. The summed E-state index contributed by atoms with van der Waals surface area (Å²) in [6.07, 6.45) is 3.88. The van der Waals surface area contributed by atoms with Crippen LogP contribution in [0.2, 0.25) is 15.1 Å². The van der Waals surface area contributed by atoms with Gasteiger partial charge in [0, 0.05) is 134 Å². The predicted molar refractivity (Wildman–Crippen MR) is 633 cm³/mol. The third-order valence-electron chi connectivity index (χ3n) is 32.1. The number of hydrogen-bond acceptors (Lipinski definition) is 5. The molecule has 2 atom stereocenters. The molecule has 2 spiro atoms. The van der Waals surface area contributed by atoms with Crippen molar-refractivity contribution >= 4 is 241 Å². The van der Waals surface area contributed by atoms with E-state index in [-0.39, 0.29) is 5.41 Å². The quantitative estimate of drug-likeness (QED) is 0.171. The molecule has 686 valence electrons. The van der Waals surface area contributed by atoms with E-state index in [4.69, 9.17) is 34.8 Å². The summed E-state index contributed by atoms with van der Waals surface area (Å²) in [5.74, 6) is 0. The molecule has 0 amide bonds. The Morgan fingerprint density at radius 1 is 0.205 bits per heavy atom. The maximum atomic E-state index is 7.32. The van der Waals surface area contributed by atoms with Crippen molar-refractivity contribution in [2.24, 2.45) is 0 Å². The van der Waals surface area contributed by atoms with Gasteiger partial charge in [0.1, 0.15) is 0 Å². The van der Waals surface area contributed by atoms with Crippen LogP contribution in [-0.4, -0.2) is 4.98 Å². The molecule has 2 unspecified atom stereocenters. The first kappa shape index (κ1) is 87.4. The van der Waals surface area contributed by atoms with Crippen LogP contribution in [0.25, 0.3) is 180 Å². The molecule has 0 saturated carbocycles. The van der Waals surface area contributed by atoms with Gasteiger partial charge in [0.2, 0.25) is 0 Å². The maximum Gasteiger partial charge on any atom is 0.0729 e. The lowest BCUT2D eigenvalue weighted by molar-refractivity contribution is 0.762. The predicted octanol–water partition coefficient (Wildman–Crippen LogP) is 40.7. The van der Waals surface area contributed by atoms with Gasteiger partial charge in [-0.3, -0.25) is 4.98 Å². The van der Waals surface area contributed by atoms with E-state index in [1.54, 1.807) is 0 Å². The minimum absolute atomic E-state index is 0.360. The highest BCUT2D eigenvalue weighted by atomic mass is 79.9. The number of hydrogen-bond donors (Lipinski definition) is 0. The topological polar surface area (TPSA) is 12.9 Å². The number of rotatable bonds is 4. The number of nitrogens with zero attached hydrogens (tertiary/aromatic N) is 1. The van der Waals surface area contributed by atoms with Gasteiger partial charge in [-0.25, -0.2) is 0 Å². The minimum Gasteiger partial charge on any atom is -0.264 e. The Kier molecular flexibility index (Phi) is 19.9. The van der Waals surface area contributed by atoms with Crippen molar-refractivity contribution in [3.63, 3.8) is 0 Å². The lowest BCUT2D eigenvalue weighted by atomic mass is 9.68. The molecule has 146 heavy (non-hydrogen) atoms. The molecule has 27 aromatic rings. The molecule has 0 fully saturated rings. The van der Waals surface area contributed by atoms with E-state index < -0.39 is 16.2 Å². The monoisotopic (exact) mass is 2180 g/mol. The molecule has 5 aromatic heterocycles. The van der Waals surface area contributed by atoms with E-state index in [0.29, 0.717) is 0 Å². The number of halogens is 6. The van der Waals surface area contributed by atoms with Gasteiger partial charge in [0.05, 0.1) is 31.7 Å². The van der Waals surface area contributed by atoms with Crippen molar-refractivity contribution in [2.75, 3.05) is 0 Å². The van der Waals surface area contributed by atoms with Gasteiger partial charge in [0.15, 0.2) is 0 Å². The third-order valence-corrected chi connectivity index (χ3v) is 39.4. The van der Waals surface area contributed by atoms with Crippen molar-refractivity contribution in [1.29, 1.82) is 0 Å². The van der Waals surface area contributed by atoms with E-state index >= 15 is 0 Å². The van der Waals surface area contributed by atoms with Gasteiger partial charge in [-0.15, -0.1) is 45.3 Å². The van der Waals surface area contributed by atoms with Crippen molar-refractivity contribution in [3.05, 3.63) is 573 Å². The van der Waals surface area contributed by atoms with Crippen LogP contribution >= 0.6 is 128 Å². The highest BCUT2D eigenvalue weighted by Gasteiger charge is 2.57. The molecule has 6 aliphatic carbocycles. The van der Waals surface area contributed by atoms with Gasteiger partial charge in [-0.05, 0) is 245 Å². The molecule has 22 aromatic carbocycles. The standard InChI is InChI=1S/C39H21ClS.C35H18Cl2S.C31H19BrS.C30H17Br2NS/c40-32-21-31-36(38-37(32)27-14-6-8-16-33(27)41-38)26-13-5-7-15-28(26)39(31)29-19-17-22-9-1-3-11-24(22)34(29)35-25-12-4-2-10-23(25)18-20-30(35)39;36-20-14-15-23-27(17-20)35(28-18-29(37)33-24-10-4-6-12-30(24)38-34(33)32(23)28)25-11-5-3-9-22(25)31-21-8-2-1-7-19(21)13-16-26(31)35;32-26-19-25-28(30-29(26)23-16-8-10-18-27(23)33-30)22-15-7-9-17-24(22)31(25,20-11-3-1-4-12-20)21-13-5-2-6-14-21;31-20-12-13-21-23(15-20)30(18-7-2-1-3-8-18,19-9-6-14-33-17-19)24-16-25(32)28-22-10-4-5-11-26(22)34-29(28)27(21)24/h1-21H;1-18H;1-19H;1-17H. The Morgan fingerprint density at radius 3 is 0.938 bits per heavy atom. The van der Waals surface area contributed by atoms with E-state index in [9.17, 15) is 0 Å². The fourth-order valence-corrected chi connectivity index (χ4v) is 34.6. The van der Waals surface area contributed by atoms with Gasteiger partial charge in [-0.2, -0.15) is 0 Å². The highest BCUT2D eigenvalue weighted by Crippen LogP contribution is 2.71. The smallest absolute Gasteiger partial charge is 0.0729 e. The SMILES string of the molecule is Brc1cc2c(c3sc4ccccc4c13)-c1ccccc1C2(c1ccccc1)c1ccccc1.Brc1ccc2c(c1)C(c1ccccc1)(c1cccnc1)c1cc(Br)c3c(sc4ccccc43)c1-2.Clc1cc2c(c3sc4ccccc4c13)-c1ccccc1C21c2ccc3ccccc3c2-c2c1ccc1ccccc21.Clc1ccc2c(c1)C1(c3ccccc3-c3c1ccc1ccccc31)c1cc(Cl)c3c(sc4ccccc43)c1-2. The average Bonchev–Trinajstić information content (AvgIpc) is 1.47. The Hall–Kier alpha value is -14.0. The number of thiophene rings is 4. The van der Waals surface area contributed by atoms with Crippen molar-refractivity contribution in [3.8, 4) is 66.8 Å². The van der Waals surface area contributed by atoms with Crippen molar-refractivity contribution in [2.45, 2.75) is 21.7 Å². The van der Waals surface area contributed by atoms with Crippen LogP contribution in [-0.2, 0) is 21.7 Å². The number of aromatic nitrogens is 1. The van der Waals surface area contributed by atoms with E-state index in [0.717, 1.165) is 33.9 Å². The lowest BCUT2D eigenvalue weighted by Gasteiger charge is -2.34. The maximum absolute atomic E-state index is 7.32. The molecule has 0 saturated heterocycles. The Bertz CT molecular complexity index is 10200. The van der Waals surface area contributed by atoms with Gasteiger partial charge in [-0.1, -0.05) is 447 Å². The summed E-state index contributed by atoms with van der Waals surface area (Å²) in [4.78, 5) is 4.57. The van der Waals surface area contributed by atoms with Crippen LogP contribution in [0.15, 0.2) is 469 Å². The van der Waals surface area contributed by atoms with Gasteiger partial charge >= 0.3 is 0 Å². The van der Waals surface area contributed by atoms with Crippen LogP contribution < -0.4 is 0 Å². The summed E-state index contributed by atoms with van der Waals surface area (Å²) in [6, 6.07) is 162. The zero-order valence-corrected chi connectivity index (χ0v) is 87.9. The van der Waals surface area contributed by atoms with Crippen LogP contribution in [0, 0.1) is 0 Å². The Morgan fingerprint density at radius 2 is 0.514 bits per heavy atom. The average molecular weight is 2190 g/mol. The first-order chi connectivity index (χ1) is 71.9. The molecule has 33 rings (SSSR count). The lowest BCUT2D eigenvalue weighted by Crippen LogP contribution is -2.28. The molecule has 1 nitrogen and oxygen atoms in total. The van der Waals surface area contributed by atoms with Gasteiger partial charge in [0.25, 0.3) is 0 Å². The molecular formula is C135H75Br3Cl3NS4. The summed E-state index contributed by atoms with van der Waals surface area (Å²) in [5.41, 5.74) is 34.8. The van der Waals surface area contributed by atoms with Crippen LogP contribution in [0.4, 0.5) is 0 Å². The second-order valence-electron chi connectivity index (χ2n) is 38.8. The fourth-order valence-electron chi connectivity index (χ4n) is 26.7. The summed E-state index contributed by atoms with van der Waals surface area (Å²) < 4.78 is 13.8. The summed E-state index contributed by atoms with van der Waals surface area (Å²) >= 11 is 40.6. The molecule has 0 aliphatic heterocycles. The molecule has 11 heteroatoms. The second kappa shape index (κ2) is 33.2. The molecular weight excluding hydrogens is 2110 g/mol. The summed E-state index contributed by atoms with van der Waals surface area (Å²) in [7, 11) is 0. The molecule has 6 aliphatic rings. The normalized spacial score (nSPS) is 15.4. The van der Waals surface area contributed by atoms with Crippen LogP contribution in [0.5, 0.6) is 0 Å². The Balaban J connectivity index is 0.0000000906. The van der Waals surface area contributed by atoms with E-state index in [1.807, 2.05) is 69.9 Å². The zero-order chi connectivity index (χ0) is 96.9. The third kappa shape index (κ3) is 12.0. The second-order valence-corrected chi connectivity index (χ2v) is 46.9.